The lowest BCUT2D eigenvalue weighted by molar-refractivity contribution is -0.0447. The first-order valence-electron chi connectivity index (χ1n) is 12.2. The van der Waals surface area contributed by atoms with Gasteiger partial charge >= 0.3 is 5.92 Å². The third kappa shape index (κ3) is 5.33. The fraction of sp³-hybridized carbons (Fsp3) is 0.345. The molecule has 2 aliphatic heterocycles. The molecule has 3 atom stereocenters. The van der Waals surface area contributed by atoms with Crippen LogP contribution in [0.25, 0.3) is 0 Å². The maximum Gasteiger partial charge on any atom is 0.308 e. The molecule has 6 nitrogen and oxygen atoms in total. The molecule has 2 aliphatic rings. The number of alkyl halides is 2. The largest absolute Gasteiger partial charge is 0.493 e. The van der Waals surface area contributed by atoms with Crippen molar-refractivity contribution in [1.29, 1.82) is 0 Å². The maximum atomic E-state index is 15.8. The maximum absolute atomic E-state index is 15.8. The molecule has 0 saturated carbocycles. The first-order chi connectivity index (χ1) is 18.6. The zero-order chi connectivity index (χ0) is 28.5. The van der Waals surface area contributed by atoms with Crippen molar-refractivity contribution in [3.63, 3.8) is 0 Å². The number of nitrogens with zero attached hydrogens (tertiary/aromatic N) is 2. The number of amidine groups is 1. The second-order valence-corrected chi connectivity index (χ2v) is 10.8. The molecule has 10 heteroatoms. The van der Waals surface area contributed by atoms with Crippen molar-refractivity contribution in [2.75, 3.05) is 32.8 Å². The molecule has 4 rings (SSSR count). The number of rotatable bonds is 8. The Bertz CT molecular complexity index is 1350. The molecule has 0 saturated heterocycles. The summed E-state index contributed by atoms with van der Waals surface area (Å²) in [6, 6.07) is 10.6. The summed E-state index contributed by atoms with van der Waals surface area (Å²) in [5.74, 6) is -2.07. The van der Waals surface area contributed by atoms with E-state index in [1.165, 1.54) is 36.8 Å². The number of anilines is 1. The van der Waals surface area contributed by atoms with Crippen LogP contribution in [0.15, 0.2) is 77.5 Å². The van der Waals surface area contributed by atoms with E-state index in [0.717, 1.165) is 5.56 Å². The monoisotopic (exact) mass is 576 g/mol. The topological polar surface area (TPSA) is 63.5 Å². The average molecular weight is 577 g/mol. The zero-order valence-corrected chi connectivity index (χ0v) is 23.8. The lowest BCUT2D eigenvalue weighted by Crippen LogP contribution is -2.44. The van der Waals surface area contributed by atoms with Gasteiger partial charge in [0.2, 0.25) is 0 Å². The second kappa shape index (κ2) is 11.7. The number of para-hydroxylation sites is 1. The van der Waals surface area contributed by atoms with E-state index in [9.17, 15) is 5.11 Å². The molecule has 0 amide bonds. The molecule has 1 unspecified atom stereocenters. The summed E-state index contributed by atoms with van der Waals surface area (Å²) in [6.45, 7) is 9.25. The number of hydrogen-bond acceptors (Lipinski definition) is 7. The number of ether oxygens (including phenoxy) is 3. The molecule has 208 valence electrons. The number of aliphatic hydroxyl groups excluding tert-OH is 1. The van der Waals surface area contributed by atoms with Crippen molar-refractivity contribution in [1.82, 2.24) is 0 Å². The van der Waals surface area contributed by atoms with Crippen molar-refractivity contribution in [3.8, 4) is 11.5 Å². The van der Waals surface area contributed by atoms with Crippen LogP contribution >= 0.6 is 23.4 Å². The fourth-order valence-electron chi connectivity index (χ4n) is 4.71. The summed E-state index contributed by atoms with van der Waals surface area (Å²) >= 11 is 7.88. The Morgan fingerprint density at radius 3 is 2.56 bits per heavy atom. The summed E-state index contributed by atoms with van der Waals surface area (Å²) in [7, 11) is 4.43. The molecule has 39 heavy (non-hydrogen) atoms. The quantitative estimate of drug-likeness (QED) is 0.276. The van der Waals surface area contributed by atoms with E-state index in [1.54, 1.807) is 38.5 Å². The molecule has 0 spiro atoms. The number of thioether (sulfide) groups is 1. The van der Waals surface area contributed by atoms with Crippen LogP contribution in [0, 0.1) is 0 Å². The highest BCUT2D eigenvalue weighted by Crippen LogP contribution is 2.54. The fourth-order valence-corrected chi connectivity index (χ4v) is 6.42. The Hall–Kier alpha value is -2.85. The third-order valence-corrected chi connectivity index (χ3v) is 8.48. The van der Waals surface area contributed by atoms with Gasteiger partial charge in [-0.3, -0.25) is 9.89 Å². The van der Waals surface area contributed by atoms with Crippen molar-refractivity contribution in [2.24, 2.45) is 4.99 Å². The van der Waals surface area contributed by atoms with Gasteiger partial charge in [0.05, 0.1) is 36.1 Å². The Morgan fingerprint density at radius 1 is 1.18 bits per heavy atom. The van der Waals surface area contributed by atoms with Gasteiger partial charge in [-0.15, -0.1) is 11.8 Å². The Balaban J connectivity index is 2.08. The number of aliphatic hydroxyl groups is 1. The van der Waals surface area contributed by atoms with Gasteiger partial charge in [-0.2, -0.15) is 8.78 Å². The number of benzene rings is 2. The Kier molecular flexibility index (Phi) is 8.75. The predicted molar refractivity (Wildman–Crippen MR) is 154 cm³/mol. The molecule has 0 radical (unpaired) electrons. The molecule has 0 aliphatic carbocycles. The minimum Gasteiger partial charge on any atom is -0.493 e. The third-order valence-electron chi connectivity index (χ3n) is 6.68. The highest BCUT2D eigenvalue weighted by atomic mass is 35.5. The second-order valence-electron chi connectivity index (χ2n) is 9.15. The van der Waals surface area contributed by atoms with Crippen LogP contribution in [0.3, 0.4) is 0 Å². The minimum absolute atomic E-state index is 0.261. The molecule has 0 fully saturated rings. The smallest absolute Gasteiger partial charge is 0.308 e. The summed E-state index contributed by atoms with van der Waals surface area (Å²) in [4.78, 5) is 6.23. The lowest BCUT2D eigenvalue weighted by atomic mass is 9.98. The van der Waals surface area contributed by atoms with Gasteiger partial charge < -0.3 is 19.3 Å². The molecular formula is C29H31ClF2N2O4S. The van der Waals surface area contributed by atoms with E-state index in [4.69, 9.17) is 30.8 Å². The zero-order valence-electron chi connectivity index (χ0n) is 22.2. The molecule has 2 heterocycles. The van der Waals surface area contributed by atoms with Gasteiger partial charge in [0.1, 0.15) is 5.84 Å². The molecule has 0 aromatic heterocycles. The van der Waals surface area contributed by atoms with Crippen LogP contribution in [0.5, 0.6) is 11.5 Å². The SMILES string of the molecule is C=C(C(O)OC)[C@H]1S[C@H](c2cccc(OC)c2OC)c2cc(Cl)ccc2N2C(C(F)(F)C(=C)C)=CCCN=C12. The van der Waals surface area contributed by atoms with Crippen molar-refractivity contribution < 1.29 is 28.1 Å². The van der Waals surface area contributed by atoms with E-state index in [0.29, 0.717) is 40.0 Å². The van der Waals surface area contributed by atoms with Crippen molar-refractivity contribution >= 4 is 34.9 Å². The van der Waals surface area contributed by atoms with Crippen LogP contribution in [0.1, 0.15) is 29.7 Å². The van der Waals surface area contributed by atoms with Gasteiger partial charge in [-0.25, -0.2) is 0 Å². The van der Waals surface area contributed by atoms with E-state index >= 15 is 8.78 Å². The number of allylic oxidation sites excluding steroid dienone is 1. The average Bonchev–Trinajstić information content (AvgIpc) is 3.22. The molecule has 2 aromatic rings. The highest BCUT2D eigenvalue weighted by molar-refractivity contribution is 8.01. The minimum atomic E-state index is -3.37. The van der Waals surface area contributed by atoms with Gasteiger partial charge in [-0.1, -0.05) is 43.0 Å². The van der Waals surface area contributed by atoms with E-state index in [1.807, 2.05) is 12.1 Å². The first-order valence-corrected chi connectivity index (χ1v) is 13.5. The van der Waals surface area contributed by atoms with Crippen LogP contribution in [-0.2, 0) is 4.74 Å². The molecule has 1 N–H and O–H groups in total. The first kappa shape index (κ1) is 29.1. The van der Waals surface area contributed by atoms with Gasteiger partial charge in [0, 0.05) is 24.2 Å². The number of aliphatic imine (C=N–C) groups is 1. The van der Waals surface area contributed by atoms with Crippen LogP contribution in [0.4, 0.5) is 14.5 Å². The summed E-state index contributed by atoms with van der Waals surface area (Å²) in [6.07, 6.45) is 0.431. The molecular weight excluding hydrogens is 546 g/mol. The number of halogens is 3. The normalized spacial score (nSPS) is 19.9. The highest BCUT2D eigenvalue weighted by Gasteiger charge is 2.47. The van der Waals surface area contributed by atoms with Crippen LogP contribution in [-0.4, -0.2) is 56.3 Å². The van der Waals surface area contributed by atoms with Crippen LogP contribution < -0.4 is 14.4 Å². The summed E-state index contributed by atoms with van der Waals surface area (Å²) < 4.78 is 48.2. The Morgan fingerprint density at radius 2 is 1.92 bits per heavy atom. The van der Waals surface area contributed by atoms with Gasteiger partial charge in [0.15, 0.2) is 17.8 Å². The molecule has 2 aromatic carbocycles. The van der Waals surface area contributed by atoms with Crippen molar-refractivity contribution in [3.05, 3.63) is 88.6 Å². The lowest BCUT2D eigenvalue weighted by Gasteiger charge is -2.35. The standard InChI is InChI=1S/C29H31ClF2N2O4S/c1-16(2)29(31,32)23-11-8-14-33-27-25(17(3)28(35)38-6)39-26(19-9-7-10-22(36-4)24(19)37-5)20-15-18(30)12-13-21(20)34(23)27/h7,9-13,15,25-26,28,35H,1,3,8,14H2,2,4-6H3/t25-,26-,28?/m1/s1. The predicted octanol–water partition coefficient (Wildman–Crippen LogP) is 6.79. The van der Waals surface area contributed by atoms with E-state index in [-0.39, 0.29) is 23.4 Å². The number of fused-ring (bicyclic) bond motifs is 3. The van der Waals surface area contributed by atoms with Crippen LogP contribution in [0.2, 0.25) is 5.02 Å². The van der Waals surface area contributed by atoms with Gasteiger partial charge in [-0.05, 0) is 54.3 Å². The molecule has 0 bridgehead atoms. The Labute approximate surface area is 236 Å². The number of hydrogen-bond donors (Lipinski definition) is 1. The van der Waals surface area contributed by atoms with Gasteiger partial charge in [0.25, 0.3) is 0 Å². The summed E-state index contributed by atoms with van der Waals surface area (Å²) in [5, 5.41) is 9.86. The van der Waals surface area contributed by atoms with E-state index in [2.05, 4.69) is 13.2 Å². The number of methoxy groups -OCH3 is 3. The summed E-state index contributed by atoms with van der Waals surface area (Å²) in [5.41, 5.74) is 1.54. The van der Waals surface area contributed by atoms with Crippen molar-refractivity contribution in [2.45, 2.75) is 36.1 Å². The van der Waals surface area contributed by atoms with E-state index < -0.39 is 22.7 Å².